The molecular weight excluding hydrogens is 272 g/mol. The van der Waals surface area contributed by atoms with Crippen LogP contribution >= 0.6 is 0 Å². The Balaban J connectivity index is 2.19. The Hall–Kier alpha value is -1.46. The molecule has 0 aromatic heterocycles. The van der Waals surface area contributed by atoms with E-state index < -0.39 is 29.2 Å². The summed E-state index contributed by atoms with van der Waals surface area (Å²) in [7, 11) is 1.39. The Morgan fingerprint density at radius 3 is 2.71 bits per heavy atom. The highest BCUT2D eigenvalue weighted by Crippen LogP contribution is 2.58. The molecule has 3 rings (SSSR count). The van der Waals surface area contributed by atoms with Gasteiger partial charge in [0.25, 0.3) is 5.79 Å². The number of fused-ring (bicyclic) bond motifs is 2. The van der Waals surface area contributed by atoms with E-state index in [0.717, 1.165) is 0 Å². The zero-order valence-electron chi connectivity index (χ0n) is 12.7. The lowest BCUT2D eigenvalue weighted by molar-refractivity contribution is -0.259. The normalized spacial score (nSPS) is 45.5. The molecule has 0 unspecified atom stereocenters. The van der Waals surface area contributed by atoms with Gasteiger partial charge in [-0.2, -0.15) is 0 Å². The number of ether oxygens (including phenoxy) is 2. The number of allylic oxidation sites excluding steroid dienone is 2. The summed E-state index contributed by atoms with van der Waals surface area (Å²) in [5, 5.41) is 10.8. The maximum Gasteiger partial charge on any atom is 0.336 e. The topological polar surface area (TPSA) is 72.8 Å². The third kappa shape index (κ3) is 1.59. The van der Waals surface area contributed by atoms with Gasteiger partial charge in [0.2, 0.25) is 0 Å². The van der Waals surface area contributed by atoms with Gasteiger partial charge in [-0.1, -0.05) is 19.9 Å². The molecule has 5 atom stereocenters. The van der Waals surface area contributed by atoms with Crippen LogP contribution in [0.5, 0.6) is 0 Å². The molecule has 3 aliphatic rings. The van der Waals surface area contributed by atoms with Gasteiger partial charge in [0.1, 0.15) is 6.10 Å². The third-order valence-electron chi connectivity index (χ3n) is 5.60. The molecule has 1 aliphatic heterocycles. The van der Waals surface area contributed by atoms with Crippen LogP contribution in [0.4, 0.5) is 0 Å². The SMILES string of the molecule is CO[C@@]12OC(=O)C(C)=C1C[C@@]1(C)[C@H](C(=O)C=C[C@@H]1C)[C@@H]2O. The minimum Gasteiger partial charge on any atom is -0.423 e. The molecule has 0 aromatic carbocycles. The van der Waals surface area contributed by atoms with Crippen LogP contribution in [0.3, 0.4) is 0 Å². The van der Waals surface area contributed by atoms with Crippen LogP contribution in [0.25, 0.3) is 0 Å². The van der Waals surface area contributed by atoms with Crippen LogP contribution in [0.1, 0.15) is 27.2 Å². The van der Waals surface area contributed by atoms with Crippen molar-refractivity contribution in [2.75, 3.05) is 7.11 Å². The Kier molecular flexibility index (Phi) is 2.94. The fourth-order valence-electron chi connectivity index (χ4n) is 4.00. The van der Waals surface area contributed by atoms with Crippen molar-refractivity contribution < 1.29 is 24.2 Å². The molecular formula is C16H20O5. The van der Waals surface area contributed by atoms with Crippen molar-refractivity contribution in [2.24, 2.45) is 17.3 Å². The second-order valence-electron chi connectivity index (χ2n) is 6.52. The molecule has 5 heteroatoms. The van der Waals surface area contributed by atoms with Crippen molar-refractivity contribution in [3.05, 3.63) is 23.3 Å². The average molecular weight is 292 g/mol. The van der Waals surface area contributed by atoms with Crippen LogP contribution in [-0.2, 0) is 19.1 Å². The van der Waals surface area contributed by atoms with E-state index in [-0.39, 0.29) is 11.7 Å². The number of hydrogen-bond acceptors (Lipinski definition) is 5. The lowest BCUT2D eigenvalue weighted by Gasteiger charge is -2.53. The van der Waals surface area contributed by atoms with Crippen LogP contribution < -0.4 is 0 Å². The molecule has 0 radical (unpaired) electrons. The number of esters is 1. The lowest BCUT2D eigenvalue weighted by Crippen LogP contribution is -2.62. The summed E-state index contributed by atoms with van der Waals surface area (Å²) in [6.45, 7) is 5.69. The molecule has 1 saturated carbocycles. The van der Waals surface area contributed by atoms with Crippen molar-refractivity contribution in [1.82, 2.24) is 0 Å². The summed E-state index contributed by atoms with van der Waals surface area (Å²) in [5.74, 6) is -2.66. The van der Waals surface area contributed by atoms with Gasteiger partial charge in [-0.25, -0.2) is 4.79 Å². The number of carbonyl (C=O) groups excluding carboxylic acids is 2. The van der Waals surface area contributed by atoms with Gasteiger partial charge in [0, 0.05) is 18.3 Å². The van der Waals surface area contributed by atoms with Gasteiger partial charge >= 0.3 is 5.97 Å². The van der Waals surface area contributed by atoms with Crippen LogP contribution in [0.2, 0.25) is 0 Å². The second kappa shape index (κ2) is 4.27. The third-order valence-corrected chi connectivity index (χ3v) is 5.60. The summed E-state index contributed by atoms with van der Waals surface area (Å²) >= 11 is 0. The lowest BCUT2D eigenvalue weighted by atomic mass is 9.54. The molecule has 1 N–H and O–H groups in total. The summed E-state index contributed by atoms with van der Waals surface area (Å²) in [5.41, 5.74) is 0.693. The molecule has 21 heavy (non-hydrogen) atoms. The quantitative estimate of drug-likeness (QED) is 0.739. The first-order chi connectivity index (χ1) is 9.78. The highest BCUT2D eigenvalue weighted by molar-refractivity contribution is 5.96. The minimum atomic E-state index is -1.51. The Morgan fingerprint density at radius 1 is 1.43 bits per heavy atom. The molecule has 5 nitrogen and oxygen atoms in total. The standard InChI is InChI=1S/C16H20O5/c1-8-5-6-11(17)12-13(18)16(20-4)10(7-15(8,12)3)9(2)14(19)21-16/h5-6,8,12-13,18H,7H2,1-4H3/t8-,12+,13-,15+,16+/m0/s1. The molecule has 2 aliphatic carbocycles. The van der Waals surface area contributed by atoms with Crippen molar-refractivity contribution in [3.8, 4) is 0 Å². The second-order valence-corrected chi connectivity index (χ2v) is 6.52. The summed E-state index contributed by atoms with van der Waals surface area (Å²) < 4.78 is 10.7. The first-order valence-corrected chi connectivity index (χ1v) is 7.16. The maximum atomic E-state index is 12.3. The molecule has 0 bridgehead atoms. The molecule has 1 fully saturated rings. The van der Waals surface area contributed by atoms with Gasteiger partial charge < -0.3 is 14.6 Å². The van der Waals surface area contributed by atoms with Crippen LogP contribution in [0, 0.1) is 17.3 Å². The predicted molar refractivity (Wildman–Crippen MR) is 74.1 cm³/mol. The summed E-state index contributed by atoms with van der Waals surface area (Å²) in [6.07, 6.45) is 2.69. The number of aliphatic hydroxyl groups is 1. The highest BCUT2D eigenvalue weighted by Gasteiger charge is 2.65. The molecule has 0 amide bonds. The van der Waals surface area contributed by atoms with Crippen LogP contribution in [-0.4, -0.2) is 35.9 Å². The first kappa shape index (κ1) is 14.5. The fraction of sp³-hybridized carbons (Fsp3) is 0.625. The Labute approximate surface area is 123 Å². The zero-order chi connectivity index (χ0) is 15.6. The van der Waals surface area contributed by atoms with E-state index in [0.29, 0.717) is 17.6 Å². The van der Waals surface area contributed by atoms with Crippen molar-refractivity contribution in [2.45, 2.75) is 39.1 Å². The zero-order valence-corrected chi connectivity index (χ0v) is 12.7. The largest absolute Gasteiger partial charge is 0.423 e. The van der Waals surface area contributed by atoms with Gasteiger partial charge in [-0.05, 0) is 30.8 Å². The van der Waals surface area contributed by atoms with E-state index in [1.54, 1.807) is 6.92 Å². The smallest absolute Gasteiger partial charge is 0.336 e. The maximum absolute atomic E-state index is 12.3. The number of hydrogen-bond donors (Lipinski definition) is 1. The highest BCUT2D eigenvalue weighted by atomic mass is 16.7. The molecule has 0 saturated heterocycles. The fourth-order valence-corrected chi connectivity index (χ4v) is 4.00. The van der Waals surface area contributed by atoms with E-state index in [9.17, 15) is 14.7 Å². The Morgan fingerprint density at radius 2 is 2.10 bits per heavy atom. The first-order valence-electron chi connectivity index (χ1n) is 7.16. The van der Waals surface area contributed by atoms with Gasteiger partial charge in [-0.15, -0.1) is 0 Å². The average Bonchev–Trinajstić information content (AvgIpc) is 2.68. The summed E-state index contributed by atoms with van der Waals surface area (Å²) in [4.78, 5) is 24.3. The van der Waals surface area contributed by atoms with E-state index in [4.69, 9.17) is 9.47 Å². The van der Waals surface area contributed by atoms with Crippen molar-refractivity contribution >= 4 is 11.8 Å². The number of aliphatic hydroxyl groups excluding tert-OH is 1. The molecule has 0 spiro atoms. The van der Waals surface area contributed by atoms with E-state index in [1.807, 2.05) is 19.9 Å². The Bertz CT molecular complexity index is 589. The number of methoxy groups -OCH3 is 1. The molecule has 114 valence electrons. The van der Waals surface area contributed by atoms with Gasteiger partial charge in [0.15, 0.2) is 5.78 Å². The predicted octanol–water partition coefficient (Wildman–Crippen LogP) is 1.36. The van der Waals surface area contributed by atoms with Gasteiger partial charge in [0.05, 0.1) is 5.92 Å². The molecule has 1 heterocycles. The van der Waals surface area contributed by atoms with E-state index in [1.165, 1.54) is 13.2 Å². The number of ketones is 1. The summed E-state index contributed by atoms with van der Waals surface area (Å²) in [6, 6.07) is 0. The minimum absolute atomic E-state index is 0.112. The van der Waals surface area contributed by atoms with E-state index >= 15 is 0 Å². The van der Waals surface area contributed by atoms with E-state index in [2.05, 4.69) is 0 Å². The number of carbonyl (C=O) groups is 2. The number of rotatable bonds is 1. The van der Waals surface area contributed by atoms with Crippen LogP contribution in [0.15, 0.2) is 23.3 Å². The monoisotopic (exact) mass is 292 g/mol. The van der Waals surface area contributed by atoms with Crippen molar-refractivity contribution in [1.29, 1.82) is 0 Å². The van der Waals surface area contributed by atoms with Crippen molar-refractivity contribution in [3.63, 3.8) is 0 Å². The van der Waals surface area contributed by atoms with Gasteiger partial charge in [-0.3, -0.25) is 4.79 Å². The molecule has 0 aromatic rings.